The Hall–Kier alpha value is -2.95. The fraction of sp³-hybridized carbons (Fsp3) is 0.595. The lowest BCUT2D eigenvalue weighted by molar-refractivity contribution is -0.117. The molecule has 232 valence electrons. The first-order chi connectivity index (χ1) is 20.5. The number of benzene rings is 2. The first-order valence-electron chi connectivity index (χ1n) is 16.9. The molecule has 0 unspecified atom stereocenters. The van der Waals surface area contributed by atoms with Crippen LogP contribution in [0.4, 0.5) is 11.4 Å². The topological polar surface area (TPSA) is 75.3 Å². The van der Waals surface area contributed by atoms with E-state index < -0.39 is 0 Å². The Morgan fingerprint density at radius 3 is 1.38 bits per heavy atom. The molecule has 0 aliphatic heterocycles. The molecular weight excluding hydrogens is 520 g/mol. The third-order valence-electron chi connectivity index (χ3n) is 7.88. The molecule has 2 rings (SSSR count). The van der Waals surface area contributed by atoms with Gasteiger partial charge in [0.05, 0.1) is 11.4 Å². The fourth-order valence-electron chi connectivity index (χ4n) is 5.27. The maximum Gasteiger partial charge on any atom is 0.224 e. The number of carbonyl (C=O) groups excluding carboxylic acids is 3. The summed E-state index contributed by atoms with van der Waals surface area (Å²) in [5.74, 6) is -0.260. The molecule has 0 atom stereocenters. The summed E-state index contributed by atoms with van der Waals surface area (Å²) in [5, 5.41) is 5.97. The Bertz CT molecular complexity index is 1030. The van der Waals surface area contributed by atoms with E-state index in [4.69, 9.17) is 0 Å². The first kappa shape index (κ1) is 35.2. The summed E-state index contributed by atoms with van der Waals surface area (Å²) in [7, 11) is 0. The lowest BCUT2D eigenvalue weighted by atomic mass is 10.0. The number of hydrogen-bond donors (Lipinski definition) is 2. The smallest absolute Gasteiger partial charge is 0.224 e. The van der Waals surface area contributed by atoms with Crippen LogP contribution in [0, 0.1) is 0 Å². The third kappa shape index (κ3) is 15.3. The molecule has 0 aromatic heterocycles. The van der Waals surface area contributed by atoms with Gasteiger partial charge in [0.1, 0.15) is 0 Å². The minimum absolute atomic E-state index is 0.0606. The van der Waals surface area contributed by atoms with E-state index in [0.29, 0.717) is 35.3 Å². The number of amides is 2. The van der Waals surface area contributed by atoms with E-state index in [1.165, 1.54) is 77.0 Å². The van der Waals surface area contributed by atoms with Gasteiger partial charge in [0.2, 0.25) is 11.8 Å². The van der Waals surface area contributed by atoms with E-state index in [1.54, 1.807) is 30.3 Å². The SMILES string of the molecule is CCCCCCCCCCCC(=O)Nc1ccc(C(=O)c2ccccc2)cc1NC(=O)CCCCCCCCCCC. The minimum atomic E-state index is -0.113. The maximum atomic E-state index is 13.1. The number of hydrogen-bond acceptors (Lipinski definition) is 3. The Morgan fingerprint density at radius 2 is 0.905 bits per heavy atom. The van der Waals surface area contributed by atoms with Gasteiger partial charge >= 0.3 is 0 Å². The average Bonchev–Trinajstić information content (AvgIpc) is 3.00. The van der Waals surface area contributed by atoms with Crippen LogP contribution in [0.25, 0.3) is 0 Å². The van der Waals surface area contributed by atoms with Gasteiger partial charge in [-0.25, -0.2) is 0 Å². The predicted molar refractivity (Wildman–Crippen MR) is 177 cm³/mol. The van der Waals surface area contributed by atoms with E-state index in [0.717, 1.165) is 38.5 Å². The summed E-state index contributed by atoms with van der Waals surface area (Å²) >= 11 is 0. The van der Waals surface area contributed by atoms with Gasteiger partial charge in [-0.3, -0.25) is 14.4 Å². The van der Waals surface area contributed by atoms with Crippen molar-refractivity contribution in [3.05, 3.63) is 59.7 Å². The number of unbranched alkanes of at least 4 members (excludes halogenated alkanes) is 16. The van der Waals surface area contributed by atoms with Crippen molar-refractivity contribution in [1.82, 2.24) is 0 Å². The Labute approximate surface area is 255 Å². The van der Waals surface area contributed by atoms with Crippen molar-refractivity contribution in [3.63, 3.8) is 0 Å². The highest BCUT2D eigenvalue weighted by atomic mass is 16.2. The molecule has 0 bridgehead atoms. The van der Waals surface area contributed by atoms with Gasteiger partial charge in [0.15, 0.2) is 5.78 Å². The minimum Gasteiger partial charge on any atom is -0.324 e. The van der Waals surface area contributed by atoms with Crippen molar-refractivity contribution in [2.75, 3.05) is 10.6 Å². The second kappa shape index (κ2) is 22.6. The second-order valence-corrected chi connectivity index (χ2v) is 11.7. The summed E-state index contributed by atoms with van der Waals surface area (Å²) in [6, 6.07) is 14.3. The molecule has 2 aromatic carbocycles. The number of ketones is 1. The summed E-state index contributed by atoms with van der Waals surface area (Å²) in [6.45, 7) is 4.47. The van der Waals surface area contributed by atoms with Crippen LogP contribution in [-0.2, 0) is 9.59 Å². The van der Waals surface area contributed by atoms with Gasteiger partial charge < -0.3 is 10.6 Å². The zero-order valence-corrected chi connectivity index (χ0v) is 26.5. The van der Waals surface area contributed by atoms with Gasteiger partial charge in [-0.15, -0.1) is 0 Å². The molecule has 0 aliphatic carbocycles. The van der Waals surface area contributed by atoms with E-state index in [1.807, 2.05) is 18.2 Å². The van der Waals surface area contributed by atoms with Crippen LogP contribution in [0.2, 0.25) is 0 Å². The molecule has 0 saturated carbocycles. The summed E-state index contributed by atoms with van der Waals surface area (Å²) in [6.07, 6.45) is 22.4. The molecule has 0 aliphatic rings. The van der Waals surface area contributed by atoms with Crippen LogP contribution in [0.15, 0.2) is 48.5 Å². The van der Waals surface area contributed by atoms with Gasteiger partial charge in [0, 0.05) is 24.0 Å². The van der Waals surface area contributed by atoms with E-state index >= 15 is 0 Å². The molecule has 5 nitrogen and oxygen atoms in total. The molecule has 0 heterocycles. The van der Waals surface area contributed by atoms with Crippen molar-refractivity contribution in [2.24, 2.45) is 0 Å². The van der Waals surface area contributed by atoms with E-state index in [-0.39, 0.29) is 17.6 Å². The number of anilines is 2. The summed E-state index contributed by atoms with van der Waals surface area (Å²) in [5.41, 5.74) is 2.10. The molecular formula is C37H56N2O3. The number of nitrogens with one attached hydrogen (secondary N) is 2. The molecule has 5 heteroatoms. The van der Waals surface area contributed by atoms with Crippen molar-refractivity contribution in [3.8, 4) is 0 Å². The Morgan fingerprint density at radius 1 is 0.476 bits per heavy atom. The van der Waals surface area contributed by atoms with Gasteiger partial charge in [-0.2, -0.15) is 0 Å². The lowest BCUT2D eigenvalue weighted by Crippen LogP contribution is -2.17. The fourth-order valence-corrected chi connectivity index (χ4v) is 5.27. The van der Waals surface area contributed by atoms with Crippen LogP contribution >= 0.6 is 0 Å². The lowest BCUT2D eigenvalue weighted by Gasteiger charge is -2.14. The predicted octanol–water partition coefficient (Wildman–Crippen LogP) is 10.6. The highest BCUT2D eigenvalue weighted by Crippen LogP contribution is 2.26. The molecule has 0 fully saturated rings. The Balaban J connectivity index is 1.88. The zero-order valence-electron chi connectivity index (χ0n) is 26.5. The van der Waals surface area contributed by atoms with Gasteiger partial charge in [0.25, 0.3) is 0 Å². The van der Waals surface area contributed by atoms with Gasteiger partial charge in [-0.05, 0) is 31.0 Å². The number of carbonyl (C=O) groups is 3. The molecule has 0 radical (unpaired) electrons. The van der Waals surface area contributed by atoms with Crippen LogP contribution in [0.5, 0.6) is 0 Å². The standard InChI is InChI=1S/C37H56N2O3/c1-3-5-7-9-11-13-15-17-22-26-35(40)38-33-29-28-32(37(42)31-24-20-19-21-25-31)30-34(33)39-36(41)27-23-18-16-14-12-10-8-6-4-2/h19-21,24-25,28-30H,3-18,22-23,26-27H2,1-2H3,(H,38,40)(H,39,41). The first-order valence-corrected chi connectivity index (χ1v) is 16.9. The third-order valence-corrected chi connectivity index (χ3v) is 7.88. The molecule has 0 spiro atoms. The van der Waals surface area contributed by atoms with Crippen molar-refractivity contribution < 1.29 is 14.4 Å². The van der Waals surface area contributed by atoms with Crippen LogP contribution in [0.3, 0.4) is 0 Å². The molecule has 42 heavy (non-hydrogen) atoms. The number of rotatable bonds is 24. The Kier molecular flexibility index (Phi) is 19.0. The largest absolute Gasteiger partial charge is 0.324 e. The molecule has 2 N–H and O–H groups in total. The van der Waals surface area contributed by atoms with Crippen molar-refractivity contribution in [2.45, 2.75) is 142 Å². The maximum absolute atomic E-state index is 13.1. The molecule has 0 saturated heterocycles. The summed E-state index contributed by atoms with van der Waals surface area (Å²) in [4.78, 5) is 38.7. The normalized spacial score (nSPS) is 10.9. The van der Waals surface area contributed by atoms with Crippen LogP contribution in [-0.4, -0.2) is 17.6 Å². The molecule has 2 amide bonds. The monoisotopic (exact) mass is 576 g/mol. The van der Waals surface area contributed by atoms with E-state index in [2.05, 4.69) is 24.5 Å². The average molecular weight is 577 g/mol. The van der Waals surface area contributed by atoms with Gasteiger partial charge in [-0.1, -0.05) is 147 Å². The van der Waals surface area contributed by atoms with Crippen molar-refractivity contribution >= 4 is 29.0 Å². The van der Waals surface area contributed by atoms with Crippen molar-refractivity contribution in [1.29, 1.82) is 0 Å². The highest BCUT2D eigenvalue weighted by molar-refractivity contribution is 6.11. The zero-order chi connectivity index (χ0) is 30.3. The van der Waals surface area contributed by atoms with Crippen LogP contribution in [0.1, 0.15) is 158 Å². The highest BCUT2D eigenvalue weighted by Gasteiger charge is 2.15. The molecule has 2 aromatic rings. The second-order valence-electron chi connectivity index (χ2n) is 11.7. The summed E-state index contributed by atoms with van der Waals surface area (Å²) < 4.78 is 0. The van der Waals surface area contributed by atoms with E-state index in [9.17, 15) is 14.4 Å². The quantitative estimate of drug-likeness (QED) is 0.0964. The van der Waals surface area contributed by atoms with Crippen LogP contribution < -0.4 is 10.6 Å².